The van der Waals surface area contributed by atoms with Crippen LogP contribution in [0.1, 0.15) is 12.8 Å². The Hall–Kier alpha value is -1.78. The fourth-order valence-corrected chi connectivity index (χ4v) is 2.09. The molecule has 1 N–H and O–H groups in total. The quantitative estimate of drug-likeness (QED) is 0.756. The van der Waals surface area contributed by atoms with Crippen molar-refractivity contribution in [1.82, 2.24) is 9.80 Å². The molecule has 0 aromatic carbocycles. The van der Waals surface area contributed by atoms with Crippen molar-refractivity contribution in [3.63, 3.8) is 0 Å². The van der Waals surface area contributed by atoms with Crippen LogP contribution in [-0.2, 0) is 4.79 Å². The number of aliphatic carboxylic acids is 1. The number of rotatable bonds is 5. The van der Waals surface area contributed by atoms with E-state index in [1.807, 2.05) is 0 Å². The van der Waals surface area contributed by atoms with Crippen molar-refractivity contribution in [2.24, 2.45) is 5.92 Å². The average Bonchev–Trinajstić information content (AvgIpc) is 2.38. The van der Waals surface area contributed by atoms with Gasteiger partial charge in [-0.05, 0) is 12.8 Å². The van der Waals surface area contributed by atoms with Gasteiger partial charge in [-0.25, -0.2) is 4.79 Å². The maximum atomic E-state index is 12.2. The van der Waals surface area contributed by atoms with Crippen LogP contribution in [0.4, 0.5) is 4.79 Å². The van der Waals surface area contributed by atoms with Gasteiger partial charge >= 0.3 is 12.0 Å². The summed E-state index contributed by atoms with van der Waals surface area (Å²) in [6.07, 6.45) is 4.68. The average molecular weight is 252 g/mol. The molecule has 0 spiro atoms. The van der Waals surface area contributed by atoms with Gasteiger partial charge in [-0.15, -0.1) is 13.2 Å². The molecular weight excluding hydrogens is 232 g/mol. The predicted molar refractivity (Wildman–Crippen MR) is 69.3 cm³/mol. The summed E-state index contributed by atoms with van der Waals surface area (Å²) in [5.74, 6) is -1.27. The van der Waals surface area contributed by atoms with Crippen LogP contribution in [0.3, 0.4) is 0 Å². The van der Waals surface area contributed by atoms with Crippen LogP contribution in [0.5, 0.6) is 0 Å². The molecule has 1 atom stereocenters. The Morgan fingerprint density at radius 1 is 1.33 bits per heavy atom. The number of hydrogen-bond acceptors (Lipinski definition) is 2. The van der Waals surface area contributed by atoms with Gasteiger partial charge in [0, 0.05) is 26.2 Å². The van der Waals surface area contributed by atoms with Crippen LogP contribution in [0.25, 0.3) is 0 Å². The van der Waals surface area contributed by atoms with Crippen LogP contribution in [-0.4, -0.2) is 53.1 Å². The standard InChI is InChI=1S/C13H20N2O3/c1-3-7-14(8-4-2)13(18)15-9-5-6-11(10-15)12(16)17/h3-4,11H,1-2,5-10H2,(H,16,17)/t11-/m0/s1. The molecule has 0 aromatic rings. The van der Waals surface area contributed by atoms with Crippen molar-refractivity contribution in [2.45, 2.75) is 12.8 Å². The third-order valence-corrected chi connectivity index (χ3v) is 3.01. The van der Waals surface area contributed by atoms with Gasteiger partial charge in [0.25, 0.3) is 0 Å². The first-order chi connectivity index (χ1) is 8.60. The molecular formula is C13H20N2O3. The van der Waals surface area contributed by atoms with Gasteiger partial charge in [0.1, 0.15) is 0 Å². The second kappa shape index (κ2) is 6.83. The molecule has 2 amide bonds. The molecule has 0 aromatic heterocycles. The highest BCUT2D eigenvalue weighted by Gasteiger charge is 2.29. The number of carboxylic acids is 1. The topological polar surface area (TPSA) is 60.9 Å². The van der Waals surface area contributed by atoms with E-state index in [0.717, 1.165) is 6.42 Å². The number of carboxylic acid groups (broad SMARTS) is 1. The second-order valence-electron chi connectivity index (χ2n) is 4.39. The lowest BCUT2D eigenvalue weighted by atomic mass is 9.99. The van der Waals surface area contributed by atoms with E-state index in [9.17, 15) is 9.59 Å². The van der Waals surface area contributed by atoms with Crippen LogP contribution >= 0.6 is 0 Å². The first-order valence-corrected chi connectivity index (χ1v) is 6.08. The highest BCUT2D eigenvalue weighted by atomic mass is 16.4. The minimum atomic E-state index is -0.827. The van der Waals surface area contributed by atoms with Crippen molar-refractivity contribution in [1.29, 1.82) is 0 Å². The van der Waals surface area contributed by atoms with Gasteiger partial charge in [0.2, 0.25) is 0 Å². The van der Waals surface area contributed by atoms with Crippen LogP contribution in [0.15, 0.2) is 25.3 Å². The van der Waals surface area contributed by atoms with Crippen molar-refractivity contribution in [3.05, 3.63) is 25.3 Å². The van der Waals surface area contributed by atoms with E-state index in [-0.39, 0.29) is 6.03 Å². The summed E-state index contributed by atoms with van der Waals surface area (Å²) in [5.41, 5.74) is 0. The Bertz CT molecular complexity index is 331. The zero-order chi connectivity index (χ0) is 13.5. The van der Waals surface area contributed by atoms with E-state index in [1.54, 1.807) is 22.0 Å². The van der Waals surface area contributed by atoms with Gasteiger partial charge in [-0.2, -0.15) is 0 Å². The van der Waals surface area contributed by atoms with Crippen molar-refractivity contribution >= 4 is 12.0 Å². The van der Waals surface area contributed by atoms with Gasteiger partial charge < -0.3 is 14.9 Å². The molecule has 5 nitrogen and oxygen atoms in total. The molecule has 0 radical (unpaired) electrons. The summed E-state index contributed by atoms with van der Waals surface area (Å²) in [6.45, 7) is 9.02. The smallest absolute Gasteiger partial charge is 0.320 e. The van der Waals surface area contributed by atoms with E-state index in [1.165, 1.54) is 0 Å². The normalized spacial score (nSPS) is 19.1. The monoisotopic (exact) mass is 252 g/mol. The molecule has 1 rings (SSSR count). The first kappa shape index (κ1) is 14.3. The van der Waals surface area contributed by atoms with E-state index >= 15 is 0 Å². The zero-order valence-corrected chi connectivity index (χ0v) is 10.5. The van der Waals surface area contributed by atoms with E-state index in [2.05, 4.69) is 13.2 Å². The Morgan fingerprint density at radius 3 is 2.44 bits per heavy atom. The van der Waals surface area contributed by atoms with Crippen LogP contribution in [0, 0.1) is 5.92 Å². The van der Waals surface area contributed by atoms with Gasteiger partial charge in [0.15, 0.2) is 0 Å². The molecule has 0 saturated carbocycles. The van der Waals surface area contributed by atoms with Gasteiger partial charge in [0.05, 0.1) is 5.92 Å². The fourth-order valence-electron chi connectivity index (χ4n) is 2.09. The third kappa shape index (κ3) is 3.61. The summed E-state index contributed by atoms with van der Waals surface area (Å²) < 4.78 is 0. The second-order valence-corrected chi connectivity index (χ2v) is 4.39. The van der Waals surface area contributed by atoms with Crippen LogP contribution < -0.4 is 0 Å². The van der Waals surface area contributed by atoms with Crippen molar-refractivity contribution < 1.29 is 14.7 Å². The number of piperidine rings is 1. The number of carbonyl (C=O) groups is 2. The fraction of sp³-hybridized carbons (Fsp3) is 0.538. The van der Waals surface area contributed by atoms with Crippen molar-refractivity contribution in [2.75, 3.05) is 26.2 Å². The first-order valence-electron chi connectivity index (χ1n) is 6.08. The maximum Gasteiger partial charge on any atom is 0.320 e. The summed E-state index contributed by atoms with van der Waals surface area (Å²) in [6, 6.07) is -0.138. The highest BCUT2D eigenvalue weighted by molar-refractivity contribution is 5.77. The number of hydrogen-bond donors (Lipinski definition) is 1. The SMILES string of the molecule is C=CCN(CC=C)C(=O)N1CCC[C@H](C(=O)O)C1. The lowest BCUT2D eigenvalue weighted by Gasteiger charge is -2.34. The molecule has 1 heterocycles. The minimum absolute atomic E-state index is 0.138. The highest BCUT2D eigenvalue weighted by Crippen LogP contribution is 2.18. The minimum Gasteiger partial charge on any atom is -0.481 e. The van der Waals surface area contributed by atoms with E-state index < -0.39 is 11.9 Å². The van der Waals surface area contributed by atoms with E-state index in [4.69, 9.17) is 5.11 Å². The molecule has 1 fully saturated rings. The molecule has 0 aliphatic carbocycles. The molecule has 1 aliphatic rings. The summed E-state index contributed by atoms with van der Waals surface area (Å²) in [4.78, 5) is 26.4. The molecule has 1 saturated heterocycles. The molecule has 100 valence electrons. The van der Waals surface area contributed by atoms with Gasteiger partial charge in [-0.1, -0.05) is 12.2 Å². The number of likely N-dealkylation sites (tertiary alicyclic amines) is 1. The predicted octanol–water partition coefficient (Wildman–Crippen LogP) is 1.58. The van der Waals surface area contributed by atoms with Crippen molar-refractivity contribution in [3.8, 4) is 0 Å². The summed E-state index contributed by atoms with van der Waals surface area (Å²) in [7, 11) is 0. The number of nitrogens with zero attached hydrogens (tertiary/aromatic N) is 2. The number of urea groups is 1. The summed E-state index contributed by atoms with van der Waals surface area (Å²) >= 11 is 0. The molecule has 0 bridgehead atoms. The molecule has 5 heteroatoms. The largest absolute Gasteiger partial charge is 0.481 e. The van der Waals surface area contributed by atoms with E-state index in [0.29, 0.717) is 32.6 Å². The Labute approximate surface area is 107 Å². The Morgan fingerprint density at radius 2 is 1.94 bits per heavy atom. The molecule has 1 aliphatic heterocycles. The van der Waals surface area contributed by atoms with Crippen LogP contribution in [0.2, 0.25) is 0 Å². The Balaban J connectivity index is 2.65. The molecule has 18 heavy (non-hydrogen) atoms. The third-order valence-electron chi connectivity index (χ3n) is 3.01. The number of amides is 2. The lowest BCUT2D eigenvalue weighted by molar-refractivity contribution is -0.143. The van der Waals surface area contributed by atoms with Gasteiger partial charge in [-0.3, -0.25) is 4.79 Å². The maximum absolute atomic E-state index is 12.2. The molecule has 0 unspecified atom stereocenters. The number of carbonyl (C=O) groups excluding carboxylic acids is 1. The zero-order valence-electron chi connectivity index (χ0n) is 10.5. The Kier molecular flexibility index (Phi) is 5.42. The summed E-state index contributed by atoms with van der Waals surface area (Å²) in [5, 5.41) is 9.00. The lowest BCUT2D eigenvalue weighted by Crippen LogP contribution is -2.48.